The zero-order chi connectivity index (χ0) is 20.6. The van der Waals surface area contributed by atoms with Gasteiger partial charge in [-0.2, -0.15) is 0 Å². The second-order valence-corrected chi connectivity index (χ2v) is 6.25. The summed E-state index contributed by atoms with van der Waals surface area (Å²) < 4.78 is 0. The molecule has 0 saturated carbocycles. The molecule has 0 aliphatic carbocycles. The SMILES string of the molecule is C(=C\c1cccnc1)/c1ccccc1.C=Cc1ccccc1.Clc1cccnc1. The Balaban J connectivity index is 0.000000170. The van der Waals surface area contributed by atoms with Crippen molar-refractivity contribution in [2.24, 2.45) is 0 Å². The normalized spacial score (nSPS) is 9.55. The van der Waals surface area contributed by atoms with Crippen molar-refractivity contribution in [2.45, 2.75) is 0 Å². The highest BCUT2D eigenvalue weighted by Crippen LogP contribution is 2.06. The summed E-state index contributed by atoms with van der Waals surface area (Å²) in [5.41, 5.74) is 3.50. The second-order valence-electron chi connectivity index (χ2n) is 5.82. The number of aromatic nitrogens is 2. The van der Waals surface area contributed by atoms with Crippen molar-refractivity contribution in [3.05, 3.63) is 138 Å². The minimum atomic E-state index is 0.683. The molecule has 2 nitrogen and oxygen atoms in total. The minimum Gasteiger partial charge on any atom is -0.264 e. The summed E-state index contributed by atoms with van der Waals surface area (Å²) in [5.74, 6) is 0. The predicted octanol–water partition coefficient (Wildman–Crippen LogP) is 7.32. The quantitative estimate of drug-likeness (QED) is 0.361. The molecule has 0 bridgehead atoms. The molecule has 0 aliphatic heterocycles. The van der Waals surface area contributed by atoms with Crippen LogP contribution in [-0.2, 0) is 0 Å². The molecule has 2 heterocycles. The Morgan fingerprint density at radius 2 is 1.10 bits per heavy atom. The van der Waals surface area contributed by atoms with E-state index in [9.17, 15) is 0 Å². The van der Waals surface area contributed by atoms with E-state index in [2.05, 4.69) is 40.8 Å². The first-order chi connectivity index (χ1) is 14.3. The third-order valence-electron chi connectivity index (χ3n) is 3.61. The molecule has 0 saturated heterocycles. The van der Waals surface area contributed by atoms with E-state index in [1.165, 1.54) is 11.1 Å². The Hall–Kier alpha value is -3.49. The van der Waals surface area contributed by atoms with Gasteiger partial charge in [0.1, 0.15) is 0 Å². The Morgan fingerprint density at radius 3 is 1.52 bits per heavy atom. The lowest BCUT2D eigenvalue weighted by Crippen LogP contribution is -1.73. The van der Waals surface area contributed by atoms with Crippen LogP contribution in [-0.4, -0.2) is 9.97 Å². The average molecular weight is 399 g/mol. The first kappa shape index (κ1) is 21.8. The van der Waals surface area contributed by atoms with Crippen molar-refractivity contribution in [3.63, 3.8) is 0 Å². The third kappa shape index (κ3) is 9.85. The number of halogens is 1. The fourth-order valence-electron chi connectivity index (χ4n) is 2.16. The van der Waals surface area contributed by atoms with E-state index in [0.29, 0.717) is 5.02 Å². The van der Waals surface area contributed by atoms with E-state index in [4.69, 9.17) is 11.6 Å². The van der Waals surface area contributed by atoms with Crippen LogP contribution in [0.1, 0.15) is 16.7 Å². The van der Waals surface area contributed by atoms with Gasteiger partial charge in [-0.25, -0.2) is 0 Å². The molecule has 4 aromatic rings. The molecule has 0 radical (unpaired) electrons. The fourth-order valence-corrected chi connectivity index (χ4v) is 2.29. The summed E-state index contributed by atoms with van der Waals surface area (Å²) in [5, 5.41) is 0.683. The van der Waals surface area contributed by atoms with Crippen LogP contribution in [0.15, 0.2) is 116 Å². The Bertz CT molecular complexity index is 913. The lowest BCUT2D eigenvalue weighted by atomic mass is 10.2. The minimum absolute atomic E-state index is 0.683. The van der Waals surface area contributed by atoms with Gasteiger partial charge >= 0.3 is 0 Å². The van der Waals surface area contributed by atoms with E-state index in [1.807, 2.05) is 72.9 Å². The van der Waals surface area contributed by atoms with Gasteiger partial charge in [0.15, 0.2) is 0 Å². The van der Waals surface area contributed by atoms with Gasteiger partial charge in [-0.3, -0.25) is 9.97 Å². The molecule has 4 rings (SSSR count). The zero-order valence-corrected chi connectivity index (χ0v) is 16.9. The number of hydrogen-bond acceptors (Lipinski definition) is 2. The van der Waals surface area contributed by atoms with Crippen molar-refractivity contribution in [3.8, 4) is 0 Å². The highest BCUT2D eigenvalue weighted by atomic mass is 35.5. The van der Waals surface area contributed by atoms with E-state index in [-0.39, 0.29) is 0 Å². The lowest BCUT2D eigenvalue weighted by molar-refractivity contribution is 1.32. The van der Waals surface area contributed by atoms with E-state index >= 15 is 0 Å². The molecule has 0 amide bonds. The molecule has 0 unspecified atom stereocenters. The highest BCUT2D eigenvalue weighted by Gasteiger charge is 1.85. The number of rotatable bonds is 3. The van der Waals surface area contributed by atoms with Crippen LogP contribution in [0.2, 0.25) is 5.02 Å². The first-order valence-corrected chi connectivity index (χ1v) is 9.52. The topological polar surface area (TPSA) is 25.8 Å². The van der Waals surface area contributed by atoms with Gasteiger partial charge in [0.2, 0.25) is 0 Å². The zero-order valence-electron chi connectivity index (χ0n) is 16.1. The molecule has 0 N–H and O–H groups in total. The van der Waals surface area contributed by atoms with E-state index < -0.39 is 0 Å². The standard InChI is InChI=1S/C13H11N.C8H8.C5H4ClN/c1-2-5-12(6-3-1)8-9-13-7-4-10-14-11-13;1-2-8-6-4-3-5-7-8;6-5-2-1-3-7-4-5/h1-11H;2-7H,1H2;1-4H/b9-8+;;. The average Bonchev–Trinajstić information content (AvgIpc) is 2.81. The Labute approximate surface area is 177 Å². The fraction of sp³-hybridized carbons (Fsp3) is 0. The predicted molar refractivity (Wildman–Crippen MR) is 125 cm³/mol. The van der Waals surface area contributed by atoms with Crippen LogP contribution < -0.4 is 0 Å². The van der Waals surface area contributed by atoms with Crippen LogP contribution >= 0.6 is 11.6 Å². The van der Waals surface area contributed by atoms with Crippen LogP contribution in [0.25, 0.3) is 18.2 Å². The monoisotopic (exact) mass is 398 g/mol. The van der Waals surface area contributed by atoms with Crippen molar-refractivity contribution < 1.29 is 0 Å². The highest BCUT2D eigenvalue weighted by molar-refractivity contribution is 6.30. The van der Waals surface area contributed by atoms with Crippen molar-refractivity contribution in [1.82, 2.24) is 9.97 Å². The maximum absolute atomic E-state index is 5.48. The molecule has 2 aromatic carbocycles. The van der Waals surface area contributed by atoms with Gasteiger partial charge in [0.05, 0.1) is 5.02 Å². The van der Waals surface area contributed by atoms with Crippen molar-refractivity contribution in [1.29, 1.82) is 0 Å². The maximum Gasteiger partial charge on any atom is 0.0589 e. The molecule has 0 fully saturated rings. The van der Waals surface area contributed by atoms with Crippen molar-refractivity contribution >= 4 is 29.8 Å². The summed E-state index contributed by atoms with van der Waals surface area (Å²) in [6.07, 6.45) is 12.9. The van der Waals surface area contributed by atoms with E-state index in [0.717, 1.165) is 5.56 Å². The second kappa shape index (κ2) is 13.6. The summed E-state index contributed by atoms with van der Waals surface area (Å²) in [6.45, 7) is 3.63. The molecule has 0 aliphatic rings. The summed E-state index contributed by atoms with van der Waals surface area (Å²) in [7, 11) is 0. The van der Waals surface area contributed by atoms with Crippen molar-refractivity contribution in [2.75, 3.05) is 0 Å². The lowest BCUT2D eigenvalue weighted by Gasteiger charge is -1.92. The van der Waals surface area contributed by atoms with Gasteiger partial charge in [0, 0.05) is 24.8 Å². The van der Waals surface area contributed by atoms with Gasteiger partial charge < -0.3 is 0 Å². The molecule has 144 valence electrons. The smallest absolute Gasteiger partial charge is 0.0589 e. The Morgan fingerprint density at radius 1 is 0.586 bits per heavy atom. The van der Waals surface area contributed by atoms with Crippen LogP contribution in [0.3, 0.4) is 0 Å². The maximum atomic E-state index is 5.48. The Kier molecular flexibility index (Phi) is 10.3. The first-order valence-electron chi connectivity index (χ1n) is 9.14. The molecule has 0 spiro atoms. The van der Waals surface area contributed by atoms with E-state index in [1.54, 1.807) is 30.7 Å². The van der Waals surface area contributed by atoms with Gasteiger partial charge in [-0.15, -0.1) is 0 Å². The van der Waals surface area contributed by atoms with Gasteiger partial charge in [-0.05, 0) is 34.9 Å². The number of nitrogens with zero attached hydrogens (tertiary/aromatic N) is 2. The molecule has 2 aromatic heterocycles. The molecule has 0 atom stereocenters. The number of pyridine rings is 2. The van der Waals surface area contributed by atoms with Crippen LogP contribution in [0.5, 0.6) is 0 Å². The summed E-state index contributed by atoms with van der Waals surface area (Å²) in [6, 6.07) is 27.8. The summed E-state index contributed by atoms with van der Waals surface area (Å²) in [4.78, 5) is 7.80. The summed E-state index contributed by atoms with van der Waals surface area (Å²) >= 11 is 5.48. The molecular weight excluding hydrogens is 376 g/mol. The molecular formula is C26H23ClN2. The van der Waals surface area contributed by atoms with Gasteiger partial charge in [0.25, 0.3) is 0 Å². The number of hydrogen-bond donors (Lipinski definition) is 0. The molecule has 3 heteroatoms. The largest absolute Gasteiger partial charge is 0.264 e. The third-order valence-corrected chi connectivity index (χ3v) is 3.84. The van der Waals surface area contributed by atoms with Crippen LogP contribution in [0.4, 0.5) is 0 Å². The molecule has 29 heavy (non-hydrogen) atoms. The van der Waals surface area contributed by atoms with Gasteiger partial charge in [-0.1, -0.05) is 103 Å². The van der Waals surface area contributed by atoms with Crippen LogP contribution in [0, 0.1) is 0 Å². The number of benzene rings is 2.